The van der Waals surface area contributed by atoms with Gasteiger partial charge in [-0.3, -0.25) is 0 Å². The molecule has 0 spiro atoms. The number of nitrogens with zero attached hydrogens (tertiary/aromatic N) is 2. The highest BCUT2D eigenvalue weighted by molar-refractivity contribution is 7.20. The summed E-state index contributed by atoms with van der Waals surface area (Å²) in [6, 6.07) is 9.07. The Morgan fingerprint density at radius 1 is 1.22 bits per heavy atom. The van der Waals surface area contributed by atoms with Crippen molar-refractivity contribution < 1.29 is 14.4 Å². The van der Waals surface area contributed by atoms with Crippen molar-refractivity contribution in [3.63, 3.8) is 0 Å². The van der Waals surface area contributed by atoms with Gasteiger partial charge in [-0.25, -0.2) is 9.78 Å². The lowest BCUT2D eigenvalue weighted by molar-refractivity contribution is -0.00737. The Kier molecular flexibility index (Phi) is 4.58. The maximum atomic E-state index is 11.7. The van der Waals surface area contributed by atoms with Crippen molar-refractivity contribution in [1.82, 2.24) is 4.98 Å². The van der Waals surface area contributed by atoms with Gasteiger partial charge in [0.2, 0.25) is 0 Å². The van der Waals surface area contributed by atoms with E-state index in [0.717, 1.165) is 26.4 Å². The van der Waals surface area contributed by atoms with Crippen LogP contribution in [0.5, 0.6) is 0 Å². The first-order valence-corrected chi connectivity index (χ1v) is 9.65. The van der Waals surface area contributed by atoms with Crippen molar-refractivity contribution in [3.05, 3.63) is 62.6 Å². The molecule has 0 fully saturated rings. The van der Waals surface area contributed by atoms with Crippen molar-refractivity contribution in [2.45, 2.75) is 18.9 Å². The van der Waals surface area contributed by atoms with Crippen LogP contribution >= 0.6 is 34.5 Å². The first kappa shape index (κ1) is 18.2. The van der Waals surface area contributed by atoms with Crippen molar-refractivity contribution in [2.24, 2.45) is 5.16 Å². The molecule has 5 nitrogen and oxygen atoms in total. The molecule has 0 saturated heterocycles. The van der Waals surface area contributed by atoms with Crippen LogP contribution in [0.4, 0.5) is 0 Å². The molecule has 0 radical (unpaired) electrons. The van der Waals surface area contributed by atoms with Crippen LogP contribution in [0.25, 0.3) is 10.2 Å². The first-order chi connectivity index (χ1) is 12.9. The van der Waals surface area contributed by atoms with E-state index in [1.807, 2.05) is 25.1 Å². The van der Waals surface area contributed by atoms with Crippen LogP contribution in [0, 0.1) is 0 Å². The number of carbonyl (C=O) groups is 1. The van der Waals surface area contributed by atoms with Gasteiger partial charge in [0.25, 0.3) is 0 Å². The van der Waals surface area contributed by atoms with Gasteiger partial charge in [0.1, 0.15) is 10.5 Å². The van der Waals surface area contributed by atoms with Gasteiger partial charge in [0.05, 0.1) is 17.6 Å². The third kappa shape index (κ3) is 3.40. The average Bonchev–Trinajstić information content (AvgIpc) is 3.24. The zero-order valence-corrected chi connectivity index (χ0v) is 16.8. The third-order valence-electron chi connectivity index (χ3n) is 4.41. The van der Waals surface area contributed by atoms with E-state index in [9.17, 15) is 4.79 Å². The second-order valence-corrected chi connectivity index (χ2v) is 8.32. The zero-order valence-electron chi connectivity index (χ0n) is 14.5. The second-order valence-electron chi connectivity index (χ2n) is 6.42. The topological polar surface area (TPSA) is 60.8 Å². The number of rotatable bonds is 3. The summed E-state index contributed by atoms with van der Waals surface area (Å²) in [6.07, 6.45) is 2.08. The van der Waals surface area contributed by atoms with Gasteiger partial charge in [-0.15, -0.1) is 11.3 Å². The Morgan fingerprint density at radius 2 is 1.96 bits per heavy atom. The highest BCUT2D eigenvalue weighted by Gasteiger charge is 2.37. The Balaban J connectivity index is 1.64. The van der Waals surface area contributed by atoms with E-state index < -0.39 is 11.6 Å². The van der Waals surface area contributed by atoms with Crippen LogP contribution in [-0.4, -0.2) is 23.8 Å². The molecule has 1 aromatic carbocycles. The summed E-state index contributed by atoms with van der Waals surface area (Å²) in [5, 5.41) is 6.25. The highest BCUT2D eigenvalue weighted by Crippen LogP contribution is 2.39. The van der Waals surface area contributed by atoms with Crippen molar-refractivity contribution in [2.75, 3.05) is 7.11 Å². The van der Waals surface area contributed by atoms with E-state index in [1.165, 1.54) is 24.6 Å². The summed E-state index contributed by atoms with van der Waals surface area (Å²) in [4.78, 5) is 23.6. The minimum absolute atomic E-state index is 0.413. The average molecular weight is 421 g/mol. The molecule has 1 unspecified atom stereocenters. The molecule has 0 bridgehead atoms. The van der Waals surface area contributed by atoms with Crippen LogP contribution in [0.3, 0.4) is 0 Å². The Morgan fingerprint density at radius 3 is 2.67 bits per heavy atom. The number of benzene rings is 1. The normalized spacial score (nSPS) is 19.0. The van der Waals surface area contributed by atoms with E-state index in [1.54, 1.807) is 12.1 Å². The zero-order chi connectivity index (χ0) is 19.2. The number of carbonyl (C=O) groups excluding carboxylic acids is 1. The van der Waals surface area contributed by atoms with E-state index >= 15 is 0 Å². The molecule has 1 aliphatic heterocycles. The molecule has 0 aliphatic carbocycles. The molecule has 2 aromatic heterocycles. The number of hydrogen-bond donors (Lipinski definition) is 0. The van der Waals surface area contributed by atoms with Gasteiger partial charge in [0.15, 0.2) is 5.60 Å². The molecule has 1 atom stereocenters. The Bertz CT molecular complexity index is 1080. The van der Waals surface area contributed by atoms with Gasteiger partial charge in [-0.05, 0) is 37.3 Å². The molecule has 27 heavy (non-hydrogen) atoms. The van der Waals surface area contributed by atoms with Gasteiger partial charge in [-0.2, -0.15) is 0 Å². The number of halogens is 2. The minimum Gasteiger partial charge on any atom is -0.465 e. The smallest absolute Gasteiger partial charge is 0.339 e. The number of esters is 1. The van der Waals surface area contributed by atoms with E-state index in [4.69, 9.17) is 32.8 Å². The number of hydrogen-bond acceptors (Lipinski definition) is 6. The van der Waals surface area contributed by atoms with Crippen molar-refractivity contribution >= 4 is 56.4 Å². The van der Waals surface area contributed by atoms with Crippen molar-refractivity contribution in [3.8, 4) is 0 Å². The highest BCUT2D eigenvalue weighted by atomic mass is 35.5. The molecule has 3 aromatic rings. The largest absolute Gasteiger partial charge is 0.465 e. The third-order valence-corrected chi connectivity index (χ3v) is 5.96. The molecule has 138 valence electrons. The Hall–Kier alpha value is -2.15. The fourth-order valence-corrected chi connectivity index (χ4v) is 4.48. The molecular weight excluding hydrogens is 407 g/mol. The fourth-order valence-electron chi connectivity index (χ4n) is 2.99. The monoisotopic (exact) mass is 420 g/mol. The predicted octanol–water partition coefficient (Wildman–Crippen LogP) is 5.43. The molecule has 3 heterocycles. The summed E-state index contributed by atoms with van der Waals surface area (Å²) in [7, 11) is 1.35. The summed E-state index contributed by atoms with van der Waals surface area (Å²) in [5.74, 6) is -0.413. The molecule has 0 saturated carbocycles. The van der Waals surface area contributed by atoms with Crippen molar-refractivity contribution in [1.29, 1.82) is 0 Å². The van der Waals surface area contributed by atoms with Gasteiger partial charge in [0, 0.05) is 33.6 Å². The number of aromatic nitrogens is 1. The van der Waals surface area contributed by atoms with Gasteiger partial charge < -0.3 is 9.57 Å². The first-order valence-electron chi connectivity index (χ1n) is 8.08. The molecule has 4 rings (SSSR count). The van der Waals surface area contributed by atoms with Crippen LogP contribution in [0.2, 0.25) is 10.0 Å². The molecule has 1 aliphatic rings. The maximum Gasteiger partial charge on any atom is 0.339 e. The number of ether oxygens (including phenoxy) is 1. The minimum atomic E-state index is -0.648. The van der Waals surface area contributed by atoms with E-state index in [0.29, 0.717) is 22.0 Å². The molecule has 0 amide bonds. The lowest BCUT2D eigenvalue weighted by Gasteiger charge is -2.22. The second kappa shape index (κ2) is 6.78. The standard InChI is InChI=1S/C19H14Cl2N2O3S/c1-19(12-5-13(20)7-14(21)6-12)8-15(23-26-19)16-4-10-3-11(18(24)25-2)9-22-17(10)27-16/h3-7,9H,8H2,1-2H3. The van der Waals surface area contributed by atoms with E-state index in [2.05, 4.69) is 10.1 Å². The summed E-state index contributed by atoms with van der Waals surface area (Å²) in [6.45, 7) is 1.95. The number of thiophene rings is 1. The number of oxime groups is 1. The molecular formula is C19H14Cl2N2O3S. The summed E-state index contributed by atoms with van der Waals surface area (Å²) >= 11 is 13.8. The number of pyridine rings is 1. The Labute approximate surface area is 169 Å². The number of methoxy groups -OCH3 is 1. The predicted molar refractivity (Wildman–Crippen MR) is 107 cm³/mol. The summed E-state index contributed by atoms with van der Waals surface area (Å²) in [5.41, 5.74) is 1.45. The summed E-state index contributed by atoms with van der Waals surface area (Å²) < 4.78 is 4.75. The van der Waals surface area contributed by atoms with Gasteiger partial charge >= 0.3 is 5.97 Å². The van der Waals surface area contributed by atoms with Crippen LogP contribution < -0.4 is 0 Å². The maximum absolute atomic E-state index is 11.7. The van der Waals surface area contributed by atoms with Crippen LogP contribution in [-0.2, 0) is 15.2 Å². The SMILES string of the molecule is COC(=O)c1cnc2sc(C3=NOC(C)(c4cc(Cl)cc(Cl)c4)C3)cc2c1. The van der Waals surface area contributed by atoms with Crippen LogP contribution in [0.15, 0.2) is 41.7 Å². The van der Waals surface area contributed by atoms with E-state index in [-0.39, 0.29) is 0 Å². The lowest BCUT2D eigenvalue weighted by Crippen LogP contribution is -2.21. The quantitative estimate of drug-likeness (QED) is 0.529. The fraction of sp³-hybridized carbons (Fsp3) is 0.211. The molecule has 0 N–H and O–H groups in total. The van der Waals surface area contributed by atoms with Gasteiger partial charge in [-0.1, -0.05) is 28.4 Å². The van der Waals surface area contributed by atoms with Crippen LogP contribution in [0.1, 0.15) is 34.1 Å². The number of fused-ring (bicyclic) bond motifs is 1. The lowest BCUT2D eigenvalue weighted by atomic mass is 9.90. The molecule has 8 heteroatoms.